The molecule has 1 aliphatic rings. The van der Waals surface area contributed by atoms with Gasteiger partial charge in [-0.15, -0.1) is 0 Å². The average Bonchev–Trinajstić information content (AvgIpc) is 2.56. The van der Waals surface area contributed by atoms with Gasteiger partial charge in [-0.2, -0.15) is 0 Å². The highest BCUT2D eigenvalue weighted by molar-refractivity contribution is 6.35. The zero-order valence-corrected chi connectivity index (χ0v) is 9.27. The molecule has 1 aromatic carbocycles. The number of rotatable bonds is 2. The molecular weight excluding hydrogens is 235 g/mol. The van der Waals surface area contributed by atoms with Crippen LogP contribution in [0.3, 0.4) is 0 Å². The van der Waals surface area contributed by atoms with Crippen LogP contribution in [0, 0.1) is 0 Å². The van der Waals surface area contributed by atoms with Gasteiger partial charge in [-0.05, 0) is 17.7 Å². The van der Waals surface area contributed by atoms with E-state index in [1.807, 2.05) is 6.07 Å². The van der Waals surface area contributed by atoms with E-state index in [1.165, 1.54) is 0 Å². The number of nitrogens with one attached hydrogen (secondary N) is 1. The second kappa shape index (κ2) is 4.21. The summed E-state index contributed by atoms with van der Waals surface area (Å²) in [5.41, 5.74) is 0.905. The number of carbonyl (C=O) groups excluding carboxylic acids is 1. The standard InChI is InChI=1S/C10H8Cl2N2O/c11-7-2-1-6(8(12)4-7)3-9-13-5-10(15)14-9/h1-2,4H,3,5H2,(H,13,14,15). The number of hydrogen-bond acceptors (Lipinski definition) is 2. The summed E-state index contributed by atoms with van der Waals surface area (Å²) in [6.45, 7) is 0.209. The van der Waals surface area contributed by atoms with Gasteiger partial charge in [0.2, 0.25) is 5.91 Å². The molecule has 1 N–H and O–H groups in total. The molecule has 0 saturated carbocycles. The summed E-state index contributed by atoms with van der Waals surface area (Å²) in [4.78, 5) is 14.9. The highest BCUT2D eigenvalue weighted by atomic mass is 35.5. The summed E-state index contributed by atoms with van der Waals surface area (Å²) in [6.07, 6.45) is 0.530. The third-order valence-electron chi connectivity index (χ3n) is 2.07. The number of halogens is 2. The maximum atomic E-state index is 10.9. The molecule has 5 heteroatoms. The van der Waals surface area contributed by atoms with Gasteiger partial charge < -0.3 is 5.32 Å². The fraction of sp³-hybridized carbons (Fsp3) is 0.200. The Kier molecular flexibility index (Phi) is 2.93. The molecule has 0 aliphatic carbocycles. The van der Waals surface area contributed by atoms with Crippen LogP contribution in [0.1, 0.15) is 5.56 Å². The smallest absolute Gasteiger partial charge is 0.247 e. The second-order valence-electron chi connectivity index (χ2n) is 3.22. The fourth-order valence-corrected chi connectivity index (χ4v) is 1.83. The van der Waals surface area contributed by atoms with Crippen LogP contribution in [0.2, 0.25) is 10.0 Å². The Balaban J connectivity index is 2.14. The monoisotopic (exact) mass is 242 g/mol. The first-order valence-electron chi connectivity index (χ1n) is 4.42. The van der Waals surface area contributed by atoms with Gasteiger partial charge in [-0.3, -0.25) is 9.79 Å². The number of aliphatic imine (C=N–C) groups is 1. The van der Waals surface area contributed by atoms with E-state index in [0.717, 1.165) is 5.56 Å². The van der Waals surface area contributed by atoms with Crippen molar-refractivity contribution in [3.8, 4) is 0 Å². The van der Waals surface area contributed by atoms with Gasteiger partial charge in [0, 0.05) is 16.5 Å². The Morgan fingerprint density at radius 2 is 2.20 bits per heavy atom. The molecule has 0 fully saturated rings. The number of carbonyl (C=O) groups is 1. The van der Waals surface area contributed by atoms with Gasteiger partial charge in [-0.25, -0.2) is 0 Å². The zero-order valence-electron chi connectivity index (χ0n) is 7.76. The molecule has 78 valence electrons. The van der Waals surface area contributed by atoms with E-state index < -0.39 is 0 Å². The van der Waals surface area contributed by atoms with Gasteiger partial charge in [0.25, 0.3) is 0 Å². The number of amidine groups is 1. The molecular formula is C10H8Cl2N2O. The Labute approximate surface area is 97.1 Å². The van der Waals surface area contributed by atoms with Crippen molar-refractivity contribution in [2.24, 2.45) is 4.99 Å². The van der Waals surface area contributed by atoms with E-state index in [1.54, 1.807) is 12.1 Å². The van der Waals surface area contributed by atoms with Crippen LogP contribution < -0.4 is 5.32 Å². The molecule has 0 saturated heterocycles. The lowest BCUT2D eigenvalue weighted by Gasteiger charge is -2.04. The summed E-state index contributed by atoms with van der Waals surface area (Å²) in [7, 11) is 0. The maximum Gasteiger partial charge on any atom is 0.247 e. The molecule has 0 unspecified atom stereocenters. The minimum atomic E-state index is -0.0740. The zero-order chi connectivity index (χ0) is 10.8. The lowest BCUT2D eigenvalue weighted by molar-refractivity contribution is -0.117. The minimum Gasteiger partial charge on any atom is -0.313 e. The van der Waals surface area contributed by atoms with Crippen LogP contribution in [0.15, 0.2) is 23.2 Å². The highest BCUT2D eigenvalue weighted by Gasteiger charge is 2.14. The van der Waals surface area contributed by atoms with Gasteiger partial charge in [0.05, 0.1) is 0 Å². The Morgan fingerprint density at radius 3 is 2.80 bits per heavy atom. The van der Waals surface area contributed by atoms with Crippen molar-refractivity contribution in [1.82, 2.24) is 5.32 Å². The summed E-state index contributed by atoms with van der Waals surface area (Å²) in [6, 6.07) is 5.27. The van der Waals surface area contributed by atoms with Gasteiger partial charge in [0.15, 0.2) is 0 Å². The molecule has 1 heterocycles. The predicted octanol–water partition coefficient (Wildman–Crippen LogP) is 2.06. The quantitative estimate of drug-likeness (QED) is 0.848. The number of nitrogens with zero attached hydrogens (tertiary/aromatic N) is 1. The molecule has 0 spiro atoms. The number of hydrogen-bond donors (Lipinski definition) is 1. The summed E-state index contributed by atoms with van der Waals surface area (Å²) in [5, 5.41) is 3.85. The molecule has 3 nitrogen and oxygen atoms in total. The molecule has 0 atom stereocenters. The second-order valence-corrected chi connectivity index (χ2v) is 4.07. The van der Waals surface area contributed by atoms with Crippen molar-refractivity contribution in [3.05, 3.63) is 33.8 Å². The van der Waals surface area contributed by atoms with Crippen molar-refractivity contribution in [3.63, 3.8) is 0 Å². The lowest BCUT2D eigenvalue weighted by atomic mass is 10.1. The van der Waals surface area contributed by atoms with Gasteiger partial charge in [-0.1, -0.05) is 29.3 Å². The van der Waals surface area contributed by atoms with E-state index in [0.29, 0.717) is 22.3 Å². The number of benzene rings is 1. The Bertz CT molecular complexity index is 443. The first kappa shape index (κ1) is 10.5. The first-order valence-corrected chi connectivity index (χ1v) is 5.18. The molecule has 1 amide bonds. The topological polar surface area (TPSA) is 41.5 Å². The summed E-state index contributed by atoms with van der Waals surface area (Å²) in [5.74, 6) is 0.583. The predicted molar refractivity (Wildman–Crippen MR) is 60.6 cm³/mol. The number of amides is 1. The van der Waals surface area contributed by atoms with Crippen LogP contribution in [-0.2, 0) is 11.2 Å². The van der Waals surface area contributed by atoms with Gasteiger partial charge in [0.1, 0.15) is 12.4 Å². The molecule has 0 bridgehead atoms. The van der Waals surface area contributed by atoms with Crippen molar-refractivity contribution in [2.75, 3.05) is 6.54 Å². The summed E-state index contributed by atoms with van der Waals surface area (Å²) >= 11 is 11.8. The van der Waals surface area contributed by atoms with Crippen LogP contribution >= 0.6 is 23.2 Å². The lowest BCUT2D eigenvalue weighted by Crippen LogP contribution is -2.26. The highest BCUT2D eigenvalue weighted by Crippen LogP contribution is 2.21. The van der Waals surface area contributed by atoms with E-state index in [9.17, 15) is 4.79 Å². The first-order chi connectivity index (χ1) is 7.15. The van der Waals surface area contributed by atoms with E-state index >= 15 is 0 Å². The van der Waals surface area contributed by atoms with Crippen LogP contribution in [-0.4, -0.2) is 18.3 Å². The molecule has 0 radical (unpaired) electrons. The van der Waals surface area contributed by atoms with E-state index in [4.69, 9.17) is 23.2 Å². The average molecular weight is 243 g/mol. The van der Waals surface area contributed by atoms with E-state index in [2.05, 4.69) is 10.3 Å². The Morgan fingerprint density at radius 1 is 1.40 bits per heavy atom. The van der Waals surface area contributed by atoms with Crippen LogP contribution in [0.5, 0.6) is 0 Å². The maximum absolute atomic E-state index is 10.9. The van der Waals surface area contributed by atoms with Crippen LogP contribution in [0.4, 0.5) is 0 Å². The normalized spacial score (nSPS) is 15.1. The fourth-order valence-electron chi connectivity index (χ4n) is 1.35. The van der Waals surface area contributed by atoms with Crippen molar-refractivity contribution in [1.29, 1.82) is 0 Å². The van der Waals surface area contributed by atoms with Crippen molar-refractivity contribution >= 4 is 34.9 Å². The molecule has 1 aliphatic heterocycles. The van der Waals surface area contributed by atoms with Gasteiger partial charge >= 0.3 is 0 Å². The molecule has 0 aromatic heterocycles. The minimum absolute atomic E-state index is 0.0740. The summed E-state index contributed by atoms with van der Waals surface area (Å²) < 4.78 is 0. The molecule has 2 rings (SSSR count). The third kappa shape index (κ3) is 2.49. The molecule has 15 heavy (non-hydrogen) atoms. The van der Waals surface area contributed by atoms with Crippen LogP contribution in [0.25, 0.3) is 0 Å². The van der Waals surface area contributed by atoms with Crippen molar-refractivity contribution < 1.29 is 4.79 Å². The third-order valence-corrected chi connectivity index (χ3v) is 2.66. The van der Waals surface area contributed by atoms with E-state index in [-0.39, 0.29) is 12.5 Å². The largest absolute Gasteiger partial charge is 0.313 e. The Hall–Kier alpha value is -1.06. The molecule has 1 aromatic rings. The van der Waals surface area contributed by atoms with Crippen molar-refractivity contribution in [2.45, 2.75) is 6.42 Å². The SMILES string of the molecule is O=C1CN=C(Cc2ccc(Cl)cc2Cl)N1.